The van der Waals surface area contributed by atoms with E-state index in [0.29, 0.717) is 33.3 Å². The van der Waals surface area contributed by atoms with E-state index in [4.69, 9.17) is 0 Å². The van der Waals surface area contributed by atoms with Crippen LogP contribution in [0, 0.1) is 17.5 Å². The van der Waals surface area contributed by atoms with Gasteiger partial charge in [0.05, 0.1) is 18.2 Å². The quantitative estimate of drug-likeness (QED) is 0.256. The number of rotatable bonds is 7. The molecule has 5 aromatic rings. The molecule has 0 saturated carbocycles. The van der Waals surface area contributed by atoms with Crippen LogP contribution in [0.3, 0.4) is 0 Å². The standard InChI is InChI=1S/C29H22F3N3O2/c30-20-5-3-18(4-6-20)24-2-1-9-33-29(24)27(12-17-10-21(31)14-22(32)11-17)35-28(37)13-19-16-34-26-8-7-23(36)15-25(19)26/h1-11,14-16,27,34,36H,12-13H2,(H,35,37). The molecule has 3 aromatic carbocycles. The van der Waals surface area contributed by atoms with Gasteiger partial charge in [-0.3, -0.25) is 9.78 Å². The van der Waals surface area contributed by atoms with E-state index in [-0.39, 0.29) is 30.3 Å². The van der Waals surface area contributed by atoms with Crippen LogP contribution in [0.2, 0.25) is 0 Å². The van der Waals surface area contributed by atoms with Gasteiger partial charge in [-0.25, -0.2) is 13.2 Å². The number of aromatic amines is 1. The Morgan fingerprint density at radius 3 is 2.46 bits per heavy atom. The highest BCUT2D eigenvalue weighted by Crippen LogP contribution is 2.30. The number of halogens is 3. The van der Waals surface area contributed by atoms with Crippen molar-refractivity contribution < 1.29 is 23.1 Å². The summed E-state index contributed by atoms with van der Waals surface area (Å²) in [6.07, 6.45) is 3.33. The van der Waals surface area contributed by atoms with E-state index >= 15 is 0 Å². The van der Waals surface area contributed by atoms with E-state index in [1.807, 2.05) is 0 Å². The second-order valence-corrected chi connectivity index (χ2v) is 8.77. The molecule has 0 spiro atoms. The van der Waals surface area contributed by atoms with Crippen LogP contribution in [0.4, 0.5) is 13.2 Å². The monoisotopic (exact) mass is 501 g/mol. The molecule has 0 aliphatic rings. The van der Waals surface area contributed by atoms with Gasteiger partial charge in [0.25, 0.3) is 0 Å². The fourth-order valence-corrected chi connectivity index (χ4v) is 4.48. The average Bonchev–Trinajstić information content (AvgIpc) is 3.25. The van der Waals surface area contributed by atoms with E-state index < -0.39 is 17.7 Å². The normalized spacial score (nSPS) is 12.0. The Balaban J connectivity index is 1.49. The molecule has 0 aliphatic heterocycles. The molecule has 1 atom stereocenters. The summed E-state index contributed by atoms with van der Waals surface area (Å²) in [4.78, 5) is 20.8. The van der Waals surface area contributed by atoms with Crippen LogP contribution < -0.4 is 5.32 Å². The predicted octanol–water partition coefficient (Wildman–Crippen LogP) is 6.00. The first-order valence-corrected chi connectivity index (χ1v) is 11.6. The number of hydrogen-bond acceptors (Lipinski definition) is 3. The smallest absolute Gasteiger partial charge is 0.225 e. The van der Waals surface area contributed by atoms with Gasteiger partial charge in [-0.2, -0.15) is 0 Å². The zero-order valence-corrected chi connectivity index (χ0v) is 19.5. The Bertz CT molecular complexity index is 1560. The summed E-state index contributed by atoms with van der Waals surface area (Å²) in [6, 6.07) is 16.7. The second kappa shape index (κ2) is 10.2. The van der Waals surface area contributed by atoms with E-state index in [0.717, 1.165) is 11.6 Å². The number of phenols is 1. The van der Waals surface area contributed by atoms with E-state index in [1.165, 1.54) is 24.3 Å². The van der Waals surface area contributed by atoms with Crippen LogP contribution in [0.1, 0.15) is 22.9 Å². The number of pyridine rings is 1. The Hall–Kier alpha value is -4.59. The first-order valence-electron chi connectivity index (χ1n) is 11.6. The summed E-state index contributed by atoms with van der Waals surface area (Å²) >= 11 is 0. The molecular weight excluding hydrogens is 479 g/mol. The third-order valence-corrected chi connectivity index (χ3v) is 6.12. The molecular formula is C29H22F3N3O2. The van der Waals surface area contributed by atoms with Crippen LogP contribution in [0.25, 0.3) is 22.0 Å². The van der Waals surface area contributed by atoms with Crippen molar-refractivity contribution in [1.29, 1.82) is 0 Å². The third kappa shape index (κ3) is 5.48. The third-order valence-electron chi connectivity index (χ3n) is 6.12. The molecule has 0 radical (unpaired) electrons. The number of aromatic hydroxyl groups is 1. The number of nitrogens with zero attached hydrogens (tertiary/aromatic N) is 1. The molecule has 1 unspecified atom stereocenters. The maximum absolute atomic E-state index is 14.0. The minimum atomic E-state index is -0.742. The summed E-state index contributed by atoms with van der Waals surface area (Å²) in [5, 5.41) is 13.5. The Labute approximate surface area is 210 Å². The van der Waals surface area contributed by atoms with Gasteiger partial charge in [-0.15, -0.1) is 0 Å². The van der Waals surface area contributed by atoms with Gasteiger partial charge in [0.1, 0.15) is 23.2 Å². The largest absolute Gasteiger partial charge is 0.508 e. The average molecular weight is 502 g/mol. The van der Waals surface area contributed by atoms with Crippen molar-refractivity contribution in [2.45, 2.75) is 18.9 Å². The molecule has 0 saturated heterocycles. The molecule has 2 aromatic heterocycles. The molecule has 5 rings (SSSR count). The molecule has 0 bridgehead atoms. The lowest BCUT2D eigenvalue weighted by Crippen LogP contribution is -2.32. The SMILES string of the molecule is O=C(Cc1c[nH]c2ccc(O)cc12)NC(Cc1cc(F)cc(F)c1)c1ncccc1-c1ccc(F)cc1. The minimum absolute atomic E-state index is 0.00379. The molecule has 1 amide bonds. The fraction of sp³-hybridized carbons (Fsp3) is 0.103. The maximum atomic E-state index is 14.0. The van der Waals surface area contributed by atoms with Gasteiger partial charge in [0, 0.05) is 34.9 Å². The first kappa shape index (κ1) is 24.1. The van der Waals surface area contributed by atoms with Crippen molar-refractivity contribution in [3.8, 4) is 16.9 Å². The molecule has 3 N–H and O–H groups in total. The van der Waals surface area contributed by atoms with Gasteiger partial charge in [-0.1, -0.05) is 18.2 Å². The summed E-state index contributed by atoms with van der Waals surface area (Å²) < 4.78 is 41.5. The number of H-pyrrole nitrogens is 1. The second-order valence-electron chi connectivity index (χ2n) is 8.77. The van der Waals surface area contributed by atoms with E-state index in [1.54, 1.807) is 54.9 Å². The number of carbonyl (C=O) groups excluding carboxylic acids is 1. The molecule has 186 valence electrons. The molecule has 0 fully saturated rings. The van der Waals surface area contributed by atoms with Crippen LogP contribution in [0.5, 0.6) is 5.75 Å². The van der Waals surface area contributed by atoms with Gasteiger partial charge < -0.3 is 15.4 Å². The number of nitrogens with one attached hydrogen (secondary N) is 2. The lowest BCUT2D eigenvalue weighted by Gasteiger charge is -2.21. The van der Waals surface area contributed by atoms with Crippen LogP contribution in [-0.4, -0.2) is 21.0 Å². The van der Waals surface area contributed by atoms with E-state index in [9.17, 15) is 23.1 Å². The van der Waals surface area contributed by atoms with Crippen molar-refractivity contribution in [2.24, 2.45) is 0 Å². The van der Waals surface area contributed by atoms with Crippen molar-refractivity contribution in [3.05, 3.63) is 119 Å². The van der Waals surface area contributed by atoms with Crippen LogP contribution in [0.15, 0.2) is 85.2 Å². The van der Waals surface area contributed by atoms with Gasteiger partial charge in [-0.05, 0) is 71.6 Å². The summed E-state index contributed by atoms with van der Waals surface area (Å²) in [5.74, 6) is -2.10. The predicted molar refractivity (Wildman–Crippen MR) is 134 cm³/mol. The molecule has 8 heteroatoms. The maximum Gasteiger partial charge on any atom is 0.225 e. The molecule has 0 aliphatic carbocycles. The number of benzene rings is 3. The zero-order valence-electron chi connectivity index (χ0n) is 19.5. The van der Waals surface area contributed by atoms with Crippen molar-refractivity contribution >= 4 is 16.8 Å². The summed E-state index contributed by atoms with van der Waals surface area (Å²) in [7, 11) is 0. The highest BCUT2D eigenvalue weighted by Gasteiger charge is 2.22. The number of phenolic OH excluding ortho intramolecular Hbond substituents is 1. The minimum Gasteiger partial charge on any atom is -0.508 e. The number of hydrogen-bond donors (Lipinski definition) is 3. The molecule has 5 nitrogen and oxygen atoms in total. The van der Waals surface area contributed by atoms with Gasteiger partial charge in [0.2, 0.25) is 5.91 Å². The topological polar surface area (TPSA) is 78.0 Å². The number of amides is 1. The fourth-order valence-electron chi connectivity index (χ4n) is 4.48. The lowest BCUT2D eigenvalue weighted by molar-refractivity contribution is -0.121. The lowest BCUT2D eigenvalue weighted by atomic mass is 9.95. The highest BCUT2D eigenvalue weighted by atomic mass is 19.1. The highest BCUT2D eigenvalue weighted by molar-refractivity contribution is 5.90. The van der Waals surface area contributed by atoms with Gasteiger partial charge in [0.15, 0.2) is 0 Å². The number of carbonyl (C=O) groups is 1. The van der Waals surface area contributed by atoms with Crippen LogP contribution >= 0.6 is 0 Å². The Kier molecular flexibility index (Phi) is 6.64. The van der Waals surface area contributed by atoms with Crippen molar-refractivity contribution in [3.63, 3.8) is 0 Å². The molecule has 37 heavy (non-hydrogen) atoms. The summed E-state index contributed by atoms with van der Waals surface area (Å²) in [6.45, 7) is 0. The number of aromatic nitrogens is 2. The number of fused-ring (bicyclic) bond motifs is 1. The van der Waals surface area contributed by atoms with Crippen molar-refractivity contribution in [1.82, 2.24) is 15.3 Å². The van der Waals surface area contributed by atoms with Crippen LogP contribution in [-0.2, 0) is 17.6 Å². The molecule has 2 heterocycles. The zero-order chi connectivity index (χ0) is 25.9. The van der Waals surface area contributed by atoms with Crippen molar-refractivity contribution in [2.75, 3.05) is 0 Å². The Morgan fingerprint density at radius 2 is 1.70 bits per heavy atom. The van der Waals surface area contributed by atoms with E-state index in [2.05, 4.69) is 15.3 Å². The first-order chi connectivity index (χ1) is 17.9. The van der Waals surface area contributed by atoms with Gasteiger partial charge >= 0.3 is 0 Å². The Morgan fingerprint density at radius 1 is 0.946 bits per heavy atom. The summed E-state index contributed by atoms with van der Waals surface area (Å²) in [5.41, 5.74) is 3.61.